The van der Waals surface area contributed by atoms with Crippen LogP contribution in [0.3, 0.4) is 0 Å². The van der Waals surface area contributed by atoms with Gasteiger partial charge in [0.15, 0.2) is 0 Å². The first-order chi connectivity index (χ1) is 17.1. The number of H-pyrrole nitrogens is 2. The van der Waals surface area contributed by atoms with Crippen LogP contribution in [0, 0.1) is 0 Å². The number of nitrogens with one attached hydrogen (secondary N) is 2. The fraction of sp³-hybridized carbons (Fsp3) is 0.393. The Kier molecular flexibility index (Phi) is 6.95. The lowest BCUT2D eigenvalue weighted by Gasteiger charge is -2.34. The van der Waals surface area contributed by atoms with Gasteiger partial charge in [-0.25, -0.2) is 9.78 Å². The number of nitrogens with zero attached hydrogens (tertiary/aromatic N) is 2. The summed E-state index contributed by atoms with van der Waals surface area (Å²) >= 11 is 0. The van der Waals surface area contributed by atoms with Gasteiger partial charge in [-0.1, -0.05) is 36.4 Å². The molecule has 2 aromatic heterocycles. The number of methoxy groups -OCH3 is 1. The lowest BCUT2D eigenvalue weighted by Crippen LogP contribution is -2.40. The van der Waals surface area contributed by atoms with Crippen LogP contribution in [0.25, 0.3) is 5.57 Å². The van der Waals surface area contributed by atoms with Gasteiger partial charge in [0.25, 0.3) is 5.56 Å². The lowest BCUT2D eigenvalue weighted by molar-refractivity contribution is 0.0891. The molecule has 2 atom stereocenters. The van der Waals surface area contributed by atoms with E-state index in [0.29, 0.717) is 12.0 Å². The molecule has 0 amide bonds. The largest absolute Gasteiger partial charge is 0.380 e. The summed E-state index contributed by atoms with van der Waals surface area (Å²) in [5.74, 6) is 1.12. The molecule has 5 rings (SSSR count). The van der Waals surface area contributed by atoms with Crippen LogP contribution >= 0.6 is 0 Å². The van der Waals surface area contributed by atoms with Crippen molar-refractivity contribution in [3.05, 3.63) is 98.0 Å². The van der Waals surface area contributed by atoms with E-state index in [2.05, 4.69) is 27.0 Å². The molecule has 0 saturated carbocycles. The van der Waals surface area contributed by atoms with Crippen molar-refractivity contribution in [2.45, 2.75) is 50.5 Å². The van der Waals surface area contributed by atoms with Crippen molar-refractivity contribution in [2.75, 3.05) is 25.1 Å². The van der Waals surface area contributed by atoms with Crippen molar-refractivity contribution in [3.63, 3.8) is 0 Å². The summed E-state index contributed by atoms with van der Waals surface area (Å²) in [5, 5.41) is 0. The Morgan fingerprint density at radius 2 is 1.94 bits per heavy atom. The normalized spacial score (nSPS) is 20.5. The Bertz CT molecular complexity index is 1310. The summed E-state index contributed by atoms with van der Waals surface area (Å²) < 4.78 is 5.62. The third-order valence-corrected chi connectivity index (χ3v) is 7.26. The molecule has 1 aliphatic carbocycles. The van der Waals surface area contributed by atoms with Crippen LogP contribution in [0.15, 0.2) is 64.3 Å². The van der Waals surface area contributed by atoms with E-state index in [1.165, 1.54) is 11.1 Å². The maximum absolute atomic E-state index is 12.7. The van der Waals surface area contributed by atoms with Gasteiger partial charge in [0, 0.05) is 55.6 Å². The maximum atomic E-state index is 12.7. The van der Waals surface area contributed by atoms with E-state index in [9.17, 15) is 9.59 Å². The van der Waals surface area contributed by atoms with Gasteiger partial charge < -0.3 is 14.6 Å². The zero-order valence-electron chi connectivity index (χ0n) is 20.1. The molecule has 0 radical (unpaired) electrons. The molecule has 35 heavy (non-hydrogen) atoms. The van der Waals surface area contributed by atoms with E-state index in [0.717, 1.165) is 62.3 Å². The van der Waals surface area contributed by atoms with Crippen LogP contribution in [0.5, 0.6) is 0 Å². The number of hydrogen-bond donors (Lipinski definition) is 2. The lowest BCUT2D eigenvalue weighted by atomic mass is 9.83. The Morgan fingerprint density at radius 1 is 1.09 bits per heavy atom. The minimum Gasteiger partial charge on any atom is -0.380 e. The molecule has 3 heterocycles. The first-order valence-corrected chi connectivity index (χ1v) is 12.4. The Labute approximate surface area is 204 Å². The van der Waals surface area contributed by atoms with E-state index in [-0.39, 0.29) is 17.6 Å². The standard InChI is InChI=1S/C28H32N4O3/c1-35-22-9-6-16-32(18-22)26-23(10-5-15-29-26)20-11-13-21(14-12-20)25-24(27(33)31-28(34)30-25)17-19-7-3-2-4-8-19/h2-5,7-8,10-11,15,21-22H,6,9,12-14,16-18H2,1H3,(H2,30,31,33,34). The first-order valence-electron chi connectivity index (χ1n) is 12.4. The highest BCUT2D eigenvalue weighted by Crippen LogP contribution is 2.38. The first kappa shape index (κ1) is 23.3. The predicted octanol–water partition coefficient (Wildman–Crippen LogP) is 4.02. The number of benzene rings is 1. The van der Waals surface area contributed by atoms with Crippen LogP contribution < -0.4 is 16.1 Å². The molecule has 2 unspecified atom stereocenters. The number of aromatic amines is 2. The molecule has 2 N–H and O–H groups in total. The number of anilines is 1. The third kappa shape index (κ3) is 5.15. The van der Waals surface area contributed by atoms with Crippen LogP contribution in [-0.2, 0) is 11.2 Å². The second kappa shape index (κ2) is 10.4. The summed E-state index contributed by atoms with van der Waals surface area (Å²) in [6, 6.07) is 14.1. The van der Waals surface area contributed by atoms with E-state index in [4.69, 9.17) is 9.72 Å². The fourth-order valence-electron chi connectivity index (χ4n) is 5.42. The van der Waals surface area contributed by atoms with E-state index < -0.39 is 5.69 Å². The van der Waals surface area contributed by atoms with Gasteiger partial charge in [0.1, 0.15) is 5.82 Å². The van der Waals surface area contributed by atoms with Crippen molar-refractivity contribution in [1.29, 1.82) is 0 Å². The number of hydrogen-bond acceptors (Lipinski definition) is 5. The highest BCUT2D eigenvalue weighted by atomic mass is 16.5. The zero-order chi connectivity index (χ0) is 24.2. The number of piperidine rings is 1. The smallest absolute Gasteiger partial charge is 0.325 e. The average Bonchev–Trinajstić information content (AvgIpc) is 2.91. The monoisotopic (exact) mass is 472 g/mol. The Morgan fingerprint density at radius 3 is 2.71 bits per heavy atom. The molecule has 1 aliphatic heterocycles. The molecule has 0 bridgehead atoms. The number of aromatic nitrogens is 3. The second-order valence-electron chi connectivity index (χ2n) is 9.48. The van der Waals surface area contributed by atoms with E-state index in [1.807, 2.05) is 42.6 Å². The van der Waals surface area contributed by atoms with E-state index in [1.54, 1.807) is 7.11 Å². The predicted molar refractivity (Wildman–Crippen MR) is 138 cm³/mol. The minimum absolute atomic E-state index is 0.0976. The van der Waals surface area contributed by atoms with E-state index >= 15 is 0 Å². The number of rotatable bonds is 6. The highest BCUT2D eigenvalue weighted by molar-refractivity contribution is 5.75. The highest BCUT2D eigenvalue weighted by Gasteiger charge is 2.26. The molecule has 3 aromatic rings. The molecule has 1 saturated heterocycles. The summed E-state index contributed by atoms with van der Waals surface area (Å²) in [7, 11) is 1.78. The molecular formula is C28H32N4O3. The average molecular weight is 473 g/mol. The molecule has 1 aromatic carbocycles. The van der Waals surface area contributed by atoms with Crippen LogP contribution in [0.4, 0.5) is 5.82 Å². The quantitative estimate of drug-likeness (QED) is 0.566. The second-order valence-corrected chi connectivity index (χ2v) is 9.48. The van der Waals surface area contributed by atoms with Gasteiger partial charge in [-0.05, 0) is 55.4 Å². The minimum atomic E-state index is -0.441. The van der Waals surface area contributed by atoms with Gasteiger partial charge in [0.2, 0.25) is 0 Å². The van der Waals surface area contributed by atoms with Crippen LogP contribution in [-0.4, -0.2) is 41.3 Å². The number of pyridine rings is 1. The SMILES string of the molecule is COC1CCCN(c2ncccc2C2=CCC(c3[nH]c(=O)[nH]c(=O)c3Cc3ccccc3)CC2)C1. The summed E-state index contributed by atoms with van der Waals surface area (Å²) in [6.45, 7) is 1.84. The van der Waals surface area contributed by atoms with Gasteiger partial charge in [-0.3, -0.25) is 9.78 Å². The van der Waals surface area contributed by atoms with Gasteiger partial charge in [-0.15, -0.1) is 0 Å². The summed E-state index contributed by atoms with van der Waals surface area (Å²) in [4.78, 5) is 37.4. The van der Waals surface area contributed by atoms with Crippen molar-refractivity contribution in [2.24, 2.45) is 0 Å². The molecule has 7 heteroatoms. The van der Waals surface area contributed by atoms with Gasteiger partial charge in [0.05, 0.1) is 6.10 Å². The Hall–Kier alpha value is -3.45. The van der Waals surface area contributed by atoms with Crippen molar-refractivity contribution in [1.82, 2.24) is 15.0 Å². The fourth-order valence-corrected chi connectivity index (χ4v) is 5.42. The molecule has 2 aliphatic rings. The van der Waals surface area contributed by atoms with Gasteiger partial charge in [-0.2, -0.15) is 0 Å². The zero-order valence-corrected chi connectivity index (χ0v) is 20.1. The molecular weight excluding hydrogens is 440 g/mol. The topological polar surface area (TPSA) is 91.1 Å². The van der Waals surface area contributed by atoms with Crippen molar-refractivity contribution in [3.8, 4) is 0 Å². The van der Waals surface area contributed by atoms with Crippen LogP contribution in [0.2, 0.25) is 0 Å². The van der Waals surface area contributed by atoms with Crippen molar-refractivity contribution < 1.29 is 4.74 Å². The maximum Gasteiger partial charge on any atom is 0.325 e. The Balaban J connectivity index is 1.41. The van der Waals surface area contributed by atoms with Crippen molar-refractivity contribution >= 4 is 11.4 Å². The summed E-state index contributed by atoms with van der Waals surface area (Å²) in [5.41, 5.74) is 4.18. The third-order valence-electron chi connectivity index (χ3n) is 7.26. The van der Waals surface area contributed by atoms with Crippen LogP contribution in [0.1, 0.15) is 60.4 Å². The molecule has 1 fully saturated rings. The molecule has 0 spiro atoms. The molecule has 182 valence electrons. The molecule has 7 nitrogen and oxygen atoms in total. The van der Waals surface area contributed by atoms with Gasteiger partial charge >= 0.3 is 5.69 Å². The number of allylic oxidation sites excluding steroid dienone is 2. The number of ether oxygens (including phenoxy) is 1. The summed E-state index contributed by atoms with van der Waals surface area (Å²) in [6.07, 6.45) is 9.53.